The minimum absolute atomic E-state index is 0.192. The zero-order valence-electron chi connectivity index (χ0n) is 16.1. The number of carboxylic acids is 1. The van der Waals surface area contributed by atoms with Gasteiger partial charge in [-0.25, -0.2) is 9.59 Å². The molecule has 7 nitrogen and oxygen atoms in total. The number of carbonyl (C=O) groups is 1. The lowest BCUT2D eigenvalue weighted by Crippen LogP contribution is -2.35. The van der Waals surface area contributed by atoms with Crippen LogP contribution in [-0.2, 0) is 19.4 Å². The predicted molar refractivity (Wildman–Crippen MR) is 111 cm³/mol. The summed E-state index contributed by atoms with van der Waals surface area (Å²) in [5.74, 6) is 0.162. The molecular weight excluding hydrogens is 392 g/mol. The second-order valence-corrected chi connectivity index (χ2v) is 8.58. The SMILES string of the molecule is CC1CCc2c(sc3[nH]c(=O)n(CCCOc4ccc(C(=O)O)cc4)c(=O)c23)C1. The summed E-state index contributed by atoms with van der Waals surface area (Å²) in [4.78, 5) is 41.0. The summed E-state index contributed by atoms with van der Waals surface area (Å²) in [7, 11) is 0. The first-order chi connectivity index (χ1) is 13.9. The number of hydrogen-bond donors (Lipinski definition) is 2. The summed E-state index contributed by atoms with van der Waals surface area (Å²) in [6, 6.07) is 6.13. The van der Waals surface area contributed by atoms with E-state index in [0.717, 1.165) is 24.8 Å². The van der Waals surface area contributed by atoms with Crippen LogP contribution in [0.25, 0.3) is 10.2 Å². The molecule has 1 aliphatic carbocycles. The maximum absolute atomic E-state index is 13.0. The van der Waals surface area contributed by atoms with Crippen LogP contribution in [0.15, 0.2) is 33.9 Å². The number of hydrogen-bond acceptors (Lipinski definition) is 5. The molecule has 2 heterocycles. The Bertz CT molecular complexity index is 1170. The van der Waals surface area contributed by atoms with E-state index in [1.54, 1.807) is 12.1 Å². The predicted octanol–water partition coefficient (Wildman–Crippen LogP) is 3.04. The van der Waals surface area contributed by atoms with Crippen molar-refractivity contribution in [3.8, 4) is 5.75 Å². The Balaban J connectivity index is 1.47. The van der Waals surface area contributed by atoms with E-state index in [4.69, 9.17) is 9.84 Å². The third-order valence-electron chi connectivity index (χ3n) is 5.33. The van der Waals surface area contributed by atoms with Gasteiger partial charge in [0, 0.05) is 11.4 Å². The van der Waals surface area contributed by atoms with Crippen LogP contribution < -0.4 is 16.0 Å². The number of aromatic carboxylic acids is 1. The maximum Gasteiger partial charge on any atom is 0.335 e. The highest BCUT2D eigenvalue weighted by molar-refractivity contribution is 7.18. The lowest BCUT2D eigenvalue weighted by molar-refractivity contribution is 0.0697. The first kappa shape index (κ1) is 19.4. The third-order valence-corrected chi connectivity index (χ3v) is 6.50. The van der Waals surface area contributed by atoms with Crippen LogP contribution in [0.3, 0.4) is 0 Å². The number of thiophene rings is 1. The molecule has 29 heavy (non-hydrogen) atoms. The molecule has 0 fully saturated rings. The summed E-state index contributed by atoms with van der Waals surface area (Å²) in [5.41, 5.74) is 0.687. The van der Waals surface area contributed by atoms with E-state index in [1.807, 2.05) is 0 Å². The van der Waals surface area contributed by atoms with E-state index in [9.17, 15) is 14.4 Å². The van der Waals surface area contributed by atoms with Crippen molar-refractivity contribution in [3.05, 3.63) is 61.1 Å². The zero-order valence-corrected chi connectivity index (χ0v) is 16.9. The molecule has 0 saturated carbocycles. The molecule has 0 saturated heterocycles. The van der Waals surface area contributed by atoms with Gasteiger partial charge in [-0.15, -0.1) is 11.3 Å². The van der Waals surface area contributed by atoms with E-state index in [2.05, 4.69) is 11.9 Å². The Morgan fingerprint density at radius 3 is 2.79 bits per heavy atom. The van der Waals surface area contributed by atoms with E-state index >= 15 is 0 Å². The van der Waals surface area contributed by atoms with Crippen LogP contribution in [0.2, 0.25) is 0 Å². The first-order valence-electron chi connectivity index (χ1n) is 9.67. The smallest absolute Gasteiger partial charge is 0.335 e. The van der Waals surface area contributed by atoms with Gasteiger partial charge in [-0.2, -0.15) is 0 Å². The molecule has 2 aromatic heterocycles. The van der Waals surface area contributed by atoms with Crippen LogP contribution in [0.4, 0.5) is 0 Å². The first-order valence-corrected chi connectivity index (χ1v) is 10.5. The minimum Gasteiger partial charge on any atom is -0.494 e. The molecule has 2 N–H and O–H groups in total. The van der Waals surface area contributed by atoms with Crippen LogP contribution in [0.1, 0.15) is 40.6 Å². The summed E-state index contributed by atoms with van der Waals surface area (Å²) < 4.78 is 6.85. The van der Waals surface area contributed by atoms with Gasteiger partial charge in [0.1, 0.15) is 10.6 Å². The van der Waals surface area contributed by atoms with Gasteiger partial charge in [-0.1, -0.05) is 6.92 Å². The molecule has 0 spiro atoms. The second kappa shape index (κ2) is 7.87. The van der Waals surface area contributed by atoms with Gasteiger partial charge < -0.3 is 9.84 Å². The minimum atomic E-state index is -0.990. The van der Waals surface area contributed by atoms with Crippen molar-refractivity contribution in [3.63, 3.8) is 0 Å². The van der Waals surface area contributed by atoms with Gasteiger partial charge in [0.25, 0.3) is 5.56 Å². The quantitative estimate of drug-likeness (QED) is 0.604. The number of H-pyrrole nitrogens is 1. The van der Waals surface area contributed by atoms with Crippen LogP contribution >= 0.6 is 11.3 Å². The molecule has 1 unspecified atom stereocenters. The van der Waals surface area contributed by atoms with Crippen molar-refractivity contribution in [1.29, 1.82) is 0 Å². The highest BCUT2D eigenvalue weighted by Gasteiger charge is 2.23. The van der Waals surface area contributed by atoms with Crippen molar-refractivity contribution in [1.82, 2.24) is 9.55 Å². The summed E-state index contributed by atoms with van der Waals surface area (Å²) >= 11 is 1.53. The van der Waals surface area contributed by atoms with Crippen molar-refractivity contribution < 1.29 is 14.6 Å². The fourth-order valence-electron chi connectivity index (χ4n) is 3.77. The monoisotopic (exact) mass is 414 g/mol. The average molecular weight is 414 g/mol. The van der Waals surface area contributed by atoms with Crippen molar-refractivity contribution in [2.45, 2.75) is 39.2 Å². The maximum atomic E-state index is 13.0. The van der Waals surface area contributed by atoms with Gasteiger partial charge in [-0.3, -0.25) is 14.3 Å². The fourth-order valence-corrected chi connectivity index (χ4v) is 5.16. The van der Waals surface area contributed by atoms with E-state index in [-0.39, 0.29) is 23.4 Å². The normalized spacial score (nSPS) is 16.0. The Labute approximate surface area is 170 Å². The van der Waals surface area contributed by atoms with Crippen LogP contribution in [0, 0.1) is 5.92 Å². The van der Waals surface area contributed by atoms with Gasteiger partial charge >= 0.3 is 11.7 Å². The summed E-state index contributed by atoms with van der Waals surface area (Å²) in [5, 5.41) is 9.58. The van der Waals surface area contributed by atoms with Crippen LogP contribution in [0.5, 0.6) is 5.75 Å². The molecule has 0 aliphatic heterocycles. The van der Waals surface area contributed by atoms with Gasteiger partial charge in [-0.05, 0) is 61.4 Å². The van der Waals surface area contributed by atoms with Gasteiger partial charge in [0.05, 0.1) is 17.6 Å². The number of aromatic nitrogens is 2. The fraction of sp³-hybridized carbons (Fsp3) is 0.381. The molecule has 0 radical (unpaired) electrons. The molecule has 3 aromatic rings. The summed E-state index contributed by atoms with van der Waals surface area (Å²) in [6.45, 7) is 2.79. The van der Waals surface area contributed by atoms with E-state index in [1.165, 1.54) is 32.9 Å². The molecule has 4 rings (SSSR count). The third kappa shape index (κ3) is 3.85. The molecule has 152 valence electrons. The Morgan fingerprint density at radius 1 is 1.31 bits per heavy atom. The number of rotatable bonds is 6. The van der Waals surface area contributed by atoms with Crippen molar-refractivity contribution in [2.75, 3.05) is 6.61 Å². The molecule has 1 aliphatic rings. The number of benzene rings is 1. The average Bonchev–Trinajstić information content (AvgIpc) is 3.04. The number of aryl methyl sites for hydroxylation is 1. The standard InChI is InChI=1S/C21H22N2O5S/c1-12-3-8-15-16(11-12)29-18-17(15)19(24)23(21(27)22-18)9-2-10-28-14-6-4-13(5-7-14)20(25)26/h4-7,12H,2-3,8-11H2,1H3,(H,22,27)(H,25,26). The molecular formula is C21H22N2O5S. The highest BCUT2D eigenvalue weighted by atomic mass is 32.1. The van der Waals surface area contributed by atoms with Gasteiger partial charge in [0.2, 0.25) is 0 Å². The number of aromatic amines is 1. The number of fused-ring (bicyclic) bond motifs is 3. The highest BCUT2D eigenvalue weighted by Crippen LogP contribution is 2.35. The van der Waals surface area contributed by atoms with Crippen molar-refractivity contribution >= 4 is 27.5 Å². The molecule has 0 bridgehead atoms. The van der Waals surface area contributed by atoms with Crippen molar-refractivity contribution in [2.24, 2.45) is 5.92 Å². The number of nitrogens with one attached hydrogen (secondary N) is 1. The molecule has 8 heteroatoms. The van der Waals surface area contributed by atoms with E-state index in [0.29, 0.717) is 34.9 Å². The molecule has 1 atom stereocenters. The van der Waals surface area contributed by atoms with Crippen LogP contribution in [-0.4, -0.2) is 27.2 Å². The largest absolute Gasteiger partial charge is 0.494 e. The Morgan fingerprint density at radius 2 is 2.07 bits per heavy atom. The van der Waals surface area contributed by atoms with E-state index < -0.39 is 5.97 Å². The lowest BCUT2D eigenvalue weighted by Gasteiger charge is -2.17. The second-order valence-electron chi connectivity index (χ2n) is 7.47. The number of ether oxygens (including phenoxy) is 1. The zero-order chi connectivity index (χ0) is 20.5. The molecule has 1 aromatic carbocycles. The molecule has 0 amide bonds. The topological polar surface area (TPSA) is 101 Å². The lowest BCUT2D eigenvalue weighted by atomic mass is 9.89. The summed E-state index contributed by atoms with van der Waals surface area (Å²) in [6.07, 6.45) is 3.39. The van der Waals surface area contributed by atoms with Gasteiger partial charge in [0.15, 0.2) is 0 Å². The Kier molecular flexibility index (Phi) is 5.27. The number of nitrogens with zero attached hydrogens (tertiary/aromatic N) is 1. The number of carboxylic acid groups (broad SMARTS) is 1. The Hall–Kier alpha value is -2.87.